The second-order valence-electron chi connectivity index (χ2n) is 4.99. The van der Waals surface area contributed by atoms with Crippen LogP contribution in [0.2, 0.25) is 5.02 Å². The van der Waals surface area contributed by atoms with Crippen LogP contribution in [-0.4, -0.2) is 23.5 Å². The van der Waals surface area contributed by atoms with E-state index in [4.69, 9.17) is 16.7 Å². The number of para-hydroxylation sites is 1. The molecule has 1 aromatic carbocycles. The lowest BCUT2D eigenvalue weighted by Crippen LogP contribution is -2.42. The Bertz CT molecular complexity index is 466. The molecular weight excluding hydrogens is 254 g/mol. The Morgan fingerprint density at radius 1 is 1.28 bits per heavy atom. The molecule has 0 aliphatic carbocycles. The lowest BCUT2D eigenvalue weighted by molar-refractivity contribution is -0.137. The molecule has 0 saturated carbocycles. The molecule has 18 heavy (non-hydrogen) atoms. The zero-order chi connectivity index (χ0) is 13.9. The van der Waals surface area contributed by atoms with Crippen molar-refractivity contribution in [3.63, 3.8) is 0 Å². The van der Waals surface area contributed by atoms with Crippen LogP contribution in [0.1, 0.15) is 20.8 Å². The number of hydrogen-bond donors (Lipinski definition) is 1. The van der Waals surface area contributed by atoms with E-state index in [-0.39, 0.29) is 5.91 Å². The highest BCUT2D eigenvalue weighted by Crippen LogP contribution is 2.29. The number of anilines is 1. The first-order chi connectivity index (χ1) is 8.23. The van der Waals surface area contributed by atoms with Crippen LogP contribution in [0.25, 0.3) is 0 Å². The van der Waals surface area contributed by atoms with Gasteiger partial charge in [0.1, 0.15) is 6.54 Å². The Morgan fingerprint density at radius 3 is 2.28 bits per heavy atom. The van der Waals surface area contributed by atoms with Gasteiger partial charge in [-0.25, -0.2) is 0 Å². The molecule has 0 heterocycles. The average Bonchev–Trinajstić information content (AvgIpc) is 2.24. The largest absolute Gasteiger partial charge is 0.480 e. The number of hydrogen-bond acceptors (Lipinski definition) is 2. The topological polar surface area (TPSA) is 57.6 Å². The van der Waals surface area contributed by atoms with E-state index in [2.05, 4.69) is 0 Å². The number of halogens is 1. The molecule has 0 saturated heterocycles. The smallest absolute Gasteiger partial charge is 0.323 e. The first-order valence-corrected chi connectivity index (χ1v) is 5.89. The third-order valence-corrected chi connectivity index (χ3v) is 2.64. The summed E-state index contributed by atoms with van der Waals surface area (Å²) in [7, 11) is 0. The van der Waals surface area contributed by atoms with Gasteiger partial charge in [-0.05, 0) is 12.1 Å². The molecule has 0 radical (unpaired) electrons. The van der Waals surface area contributed by atoms with Gasteiger partial charge in [0, 0.05) is 5.41 Å². The van der Waals surface area contributed by atoms with Crippen LogP contribution in [0, 0.1) is 5.41 Å². The maximum atomic E-state index is 12.3. The Kier molecular flexibility index (Phi) is 4.35. The maximum Gasteiger partial charge on any atom is 0.323 e. The van der Waals surface area contributed by atoms with Gasteiger partial charge in [-0.1, -0.05) is 44.5 Å². The Labute approximate surface area is 111 Å². The third-order valence-electron chi connectivity index (χ3n) is 2.32. The molecule has 1 aromatic rings. The molecule has 1 amide bonds. The number of aliphatic carboxylic acids is 1. The molecular formula is C13H16ClNO3. The van der Waals surface area contributed by atoms with Crippen LogP contribution < -0.4 is 4.90 Å². The fourth-order valence-electron chi connectivity index (χ4n) is 1.48. The summed E-state index contributed by atoms with van der Waals surface area (Å²) in [5.41, 5.74) is -0.254. The number of carbonyl (C=O) groups excluding carboxylic acids is 1. The summed E-state index contributed by atoms with van der Waals surface area (Å²) < 4.78 is 0. The number of benzene rings is 1. The standard InChI is InChI=1S/C13H16ClNO3/c1-13(2,3)12(18)15(8-11(16)17)10-7-5-4-6-9(10)14/h4-7H,8H2,1-3H3,(H,16,17). The zero-order valence-electron chi connectivity index (χ0n) is 10.6. The van der Waals surface area contributed by atoms with Crippen LogP contribution in [0.3, 0.4) is 0 Å². The molecule has 1 rings (SSSR count). The fraction of sp³-hybridized carbons (Fsp3) is 0.385. The first-order valence-electron chi connectivity index (χ1n) is 5.52. The molecule has 1 N–H and O–H groups in total. The molecule has 0 bridgehead atoms. The van der Waals surface area contributed by atoms with Gasteiger partial charge in [0.15, 0.2) is 0 Å². The summed E-state index contributed by atoms with van der Waals surface area (Å²) in [6, 6.07) is 6.70. The van der Waals surface area contributed by atoms with Crippen LogP contribution in [0.15, 0.2) is 24.3 Å². The van der Waals surface area contributed by atoms with Gasteiger partial charge in [0.2, 0.25) is 5.91 Å². The Morgan fingerprint density at radius 2 is 1.83 bits per heavy atom. The van der Waals surface area contributed by atoms with E-state index < -0.39 is 17.9 Å². The van der Waals surface area contributed by atoms with E-state index in [1.54, 1.807) is 45.0 Å². The summed E-state index contributed by atoms with van der Waals surface area (Å²) in [6.45, 7) is 4.81. The SMILES string of the molecule is CC(C)(C)C(=O)N(CC(=O)O)c1ccccc1Cl. The molecule has 98 valence electrons. The lowest BCUT2D eigenvalue weighted by Gasteiger charge is -2.28. The molecule has 0 unspecified atom stereocenters. The number of carbonyl (C=O) groups is 2. The number of carboxylic acids is 1. The monoisotopic (exact) mass is 269 g/mol. The normalized spacial score (nSPS) is 11.1. The number of carboxylic acid groups (broad SMARTS) is 1. The predicted octanol–water partition coefficient (Wildman–Crippen LogP) is 2.80. The maximum absolute atomic E-state index is 12.3. The zero-order valence-corrected chi connectivity index (χ0v) is 11.4. The minimum Gasteiger partial charge on any atom is -0.480 e. The van der Waals surface area contributed by atoms with Crippen LogP contribution in [0.5, 0.6) is 0 Å². The van der Waals surface area contributed by atoms with Crippen molar-refractivity contribution in [2.24, 2.45) is 5.41 Å². The van der Waals surface area contributed by atoms with Crippen LogP contribution in [0.4, 0.5) is 5.69 Å². The van der Waals surface area contributed by atoms with Crippen LogP contribution >= 0.6 is 11.6 Å². The van der Waals surface area contributed by atoms with Crippen molar-refractivity contribution in [1.82, 2.24) is 0 Å². The molecule has 4 nitrogen and oxygen atoms in total. The van der Waals surface area contributed by atoms with Crippen molar-refractivity contribution in [1.29, 1.82) is 0 Å². The van der Waals surface area contributed by atoms with Gasteiger partial charge in [-0.2, -0.15) is 0 Å². The summed E-state index contributed by atoms with van der Waals surface area (Å²) in [5, 5.41) is 9.27. The van der Waals surface area contributed by atoms with Crippen molar-refractivity contribution in [3.05, 3.63) is 29.3 Å². The third kappa shape index (κ3) is 3.47. The quantitative estimate of drug-likeness (QED) is 0.918. The molecule has 0 aliphatic heterocycles. The van der Waals surface area contributed by atoms with Crippen molar-refractivity contribution in [3.8, 4) is 0 Å². The summed E-state index contributed by atoms with van der Waals surface area (Å²) in [4.78, 5) is 24.3. The van der Waals surface area contributed by atoms with E-state index in [1.165, 1.54) is 4.90 Å². The van der Waals surface area contributed by atoms with Gasteiger partial charge in [0.05, 0.1) is 10.7 Å². The van der Waals surface area contributed by atoms with Crippen molar-refractivity contribution in [2.75, 3.05) is 11.4 Å². The number of amides is 1. The number of rotatable bonds is 3. The van der Waals surface area contributed by atoms with E-state index in [0.717, 1.165) is 0 Å². The molecule has 0 spiro atoms. The molecule has 5 heteroatoms. The van der Waals surface area contributed by atoms with Gasteiger partial charge in [0.25, 0.3) is 0 Å². The molecule has 0 aromatic heterocycles. The van der Waals surface area contributed by atoms with Gasteiger partial charge in [-0.15, -0.1) is 0 Å². The van der Waals surface area contributed by atoms with Crippen molar-refractivity contribution >= 4 is 29.2 Å². The average molecular weight is 270 g/mol. The Balaban J connectivity index is 3.18. The van der Waals surface area contributed by atoms with Gasteiger partial charge in [-0.3, -0.25) is 14.5 Å². The summed E-state index contributed by atoms with van der Waals surface area (Å²) in [5.74, 6) is -1.36. The second kappa shape index (κ2) is 5.40. The predicted molar refractivity (Wildman–Crippen MR) is 70.9 cm³/mol. The minimum absolute atomic E-state index is 0.280. The van der Waals surface area contributed by atoms with Gasteiger partial charge >= 0.3 is 5.97 Å². The van der Waals surface area contributed by atoms with E-state index in [1.807, 2.05) is 0 Å². The minimum atomic E-state index is -1.08. The van der Waals surface area contributed by atoms with Crippen molar-refractivity contribution in [2.45, 2.75) is 20.8 Å². The highest BCUT2D eigenvalue weighted by molar-refractivity contribution is 6.34. The fourth-order valence-corrected chi connectivity index (χ4v) is 1.71. The van der Waals surface area contributed by atoms with Crippen molar-refractivity contribution < 1.29 is 14.7 Å². The molecule has 0 fully saturated rings. The summed E-state index contributed by atoms with van der Waals surface area (Å²) >= 11 is 6.01. The summed E-state index contributed by atoms with van der Waals surface area (Å²) in [6.07, 6.45) is 0. The second-order valence-corrected chi connectivity index (χ2v) is 5.39. The molecule has 0 atom stereocenters. The lowest BCUT2D eigenvalue weighted by atomic mass is 9.94. The van der Waals surface area contributed by atoms with Crippen LogP contribution in [-0.2, 0) is 9.59 Å². The highest BCUT2D eigenvalue weighted by atomic mass is 35.5. The Hall–Kier alpha value is -1.55. The van der Waals surface area contributed by atoms with E-state index in [9.17, 15) is 9.59 Å². The number of nitrogens with zero attached hydrogens (tertiary/aromatic N) is 1. The highest BCUT2D eigenvalue weighted by Gasteiger charge is 2.30. The van der Waals surface area contributed by atoms with E-state index >= 15 is 0 Å². The van der Waals surface area contributed by atoms with Gasteiger partial charge < -0.3 is 5.11 Å². The first kappa shape index (κ1) is 14.5. The molecule has 0 aliphatic rings. The van der Waals surface area contributed by atoms with E-state index in [0.29, 0.717) is 10.7 Å².